The Morgan fingerprint density at radius 3 is 2.11 bits per heavy atom. The van der Waals surface area contributed by atoms with E-state index in [0.29, 0.717) is 11.1 Å². The number of hydrogen-bond acceptors (Lipinski definition) is 3. The van der Waals surface area contributed by atoms with Crippen LogP contribution >= 0.6 is 0 Å². The molecule has 0 radical (unpaired) electrons. The summed E-state index contributed by atoms with van der Waals surface area (Å²) in [6.45, 7) is 0. The molecule has 5 rings (SSSR count). The lowest BCUT2D eigenvalue weighted by atomic mass is 9.99. The molecule has 0 spiro atoms. The van der Waals surface area contributed by atoms with Crippen LogP contribution in [0.1, 0.15) is 5.56 Å². The van der Waals surface area contributed by atoms with Crippen molar-refractivity contribution in [3.8, 4) is 33.6 Å². The first-order valence-corrected chi connectivity index (χ1v) is 10.3. The Balaban J connectivity index is 1.74. The van der Waals surface area contributed by atoms with E-state index in [1.807, 2.05) is 0 Å². The van der Waals surface area contributed by atoms with Crippen LogP contribution in [0.5, 0.6) is 0 Å². The van der Waals surface area contributed by atoms with E-state index in [1.165, 1.54) is 24.3 Å². The second-order valence-electron chi connectivity index (χ2n) is 7.72. The van der Waals surface area contributed by atoms with Gasteiger partial charge >= 0.3 is 6.18 Å². The second kappa shape index (κ2) is 8.43. The van der Waals surface area contributed by atoms with Gasteiger partial charge in [-0.25, -0.2) is 13.8 Å². The van der Waals surface area contributed by atoms with E-state index >= 15 is 0 Å². The summed E-state index contributed by atoms with van der Waals surface area (Å²) in [6.07, 6.45) is -4.50. The van der Waals surface area contributed by atoms with Crippen molar-refractivity contribution in [1.29, 1.82) is 0 Å². The number of rotatable bonds is 3. The number of fused-ring (bicyclic) bond motifs is 1. The number of alkyl halides is 3. The zero-order valence-corrected chi connectivity index (χ0v) is 17.7. The highest BCUT2D eigenvalue weighted by atomic mass is 19.4. The molecular weight excluding hydrogens is 465 g/mol. The van der Waals surface area contributed by atoms with Crippen LogP contribution in [0.2, 0.25) is 0 Å². The fourth-order valence-electron chi connectivity index (χ4n) is 3.74. The third-order valence-corrected chi connectivity index (χ3v) is 5.43. The van der Waals surface area contributed by atoms with Crippen LogP contribution in [0.25, 0.3) is 39.3 Å². The molecule has 174 valence electrons. The fraction of sp³-hybridized carbons (Fsp3) is 0.0385. The summed E-state index contributed by atoms with van der Waals surface area (Å²) in [5.41, 5.74) is 0.241. The van der Waals surface area contributed by atoms with Gasteiger partial charge < -0.3 is 0 Å². The standard InChI is InChI=1S/C26H14F5N3O/c27-18-10-11-19(21(28)12-18)20-13-23-32-22(15-6-8-17(9-7-15)26(29,30)31)14-24(35)34(23)33-25(20)16-4-2-1-3-5-16/h1-14H. The molecule has 0 aliphatic heterocycles. The Kier molecular flexibility index (Phi) is 5.39. The third kappa shape index (κ3) is 4.28. The molecule has 2 heterocycles. The molecule has 35 heavy (non-hydrogen) atoms. The molecule has 4 nitrogen and oxygen atoms in total. The predicted molar refractivity (Wildman–Crippen MR) is 120 cm³/mol. The second-order valence-corrected chi connectivity index (χ2v) is 7.72. The minimum atomic E-state index is -4.50. The first-order valence-electron chi connectivity index (χ1n) is 10.3. The molecule has 0 aliphatic carbocycles. The number of benzene rings is 3. The molecule has 0 amide bonds. The minimum Gasteiger partial charge on any atom is -0.267 e. The summed E-state index contributed by atoms with van der Waals surface area (Å²) < 4.78 is 68.0. The van der Waals surface area contributed by atoms with E-state index < -0.39 is 28.9 Å². The monoisotopic (exact) mass is 479 g/mol. The Hall–Kier alpha value is -4.40. The molecule has 0 atom stereocenters. The summed E-state index contributed by atoms with van der Waals surface area (Å²) in [4.78, 5) is 17.3. The molecular formula is C26H14F5N3O. The molecule has 0 saturated carbocycles. The highest BCUT2D eigenvalue weighted by Gasteiger charge is 2.30. The predicted octanol–water partition coefficient (Wildman–Crippen LogP) is 6.39. The average Bonchev–Trinajstić information content (AvgIpc) is 2.83. The number of halogens is 5. The summed E-state index contributed by atoms with van der Waals surface area (Å²) in [5, 5.41) is 4.40. The minimum absolute atomic E-state index is 0.0470. The molecule has 0 fully saturated rings. The van der Waals surface area contributed by atoms with Gasteiger partial charge in [-0.15, -0.1) is 0 Å². The van der Waals surface area contributed by atoms with Crippen LogP contribution < -0.4 is 5.56 Å². The summed E-state index contributed by atoms with van der Waals surface area (Å²) in [5.74, 6) is -1.57. The zero-order chi connectivity index (χ0) is 24.7. The van der Waals surface area contributed by atoms with Gasteiger partial charge in [0.25, 0.3) is 5.56 Å². The van der Waals surface area contributed by atoms with Crippen molar-refractivity contribution >= 4 is 5.65 Å². The molecule has 3 aromatic carbocycles. The van der Waals surface area contributed by atoms with Gasteiger partial charge in [0.15, 0.2) is 5.65 Å². The largest absolute Gasteiger partial charge is 0.416 e. The van der Waals surface area contributed by atoms with Crippen molar-refractivity contribution in [3.63, 3.8) is 0 Å². The van der Waals surface area contributed by atoms with Crippen LogP contribution in [0.4, 0.5) is 22.0 Å². The highest BCUT2D eigenvalue weighted by Crippen LogP contribution is 2.34. The van der Waals surface area contributed by atoms with Gasteiger partial charge in [-0.05, 0) is 30.3 Å². The maximum Gasteiger partial charge on any atom is 0.416 e. The number of aromatic nitrogens is 3. The van der Waals surface area contributed by atoms with Crippen molar-refractivity contribution in [2.75, 3.05) is 0 Å². The quantitative estimate of drug-likeness (QED) is 0.282. The first-order chi connectivity index (χ1) is 16.7. The van der Waals surface area contributed by atoms with Gasteiger partial charge in [-0.1, -0.05) is 42.5 Å². The van der Waals surface area contributed by atoms with Crippen LogP contribution in [0, 0.1) is 11.6 Å². The van der Waals surface area contributed by atoms with Crippen molar-refractivity contribution in [3.05, 3.63) is 112 Å². The van der Waals surface area contributed by atoms with Gasteiger partial charge in [0, 0.05) is 34.4 Å². The lowest BCUT2D eigenvalue weighted by molar-refractivity contribution is -0.137. The molecule has 5 aromatic rings. The molecule has 0 unspecified atom stereocenters. The third-order valence-electron chi connectivity index (χ3n) is 5.43. The lowest BCUT2D eigenvalue weighted by Crippen LogP contribution is -2.18. The zero-order valence-electron chi connectivity index (χ0n) is 17.7. The van der Waals surface area contributed by atoms with Gasteiger partial charge in [0.05, 0.1) is 17.0 Å². The van der Waals surface area contributed by atoms with E-state index in [2.05, 4.69) is 10.1 Å². The molecule has 0 aliphatic rings. The summed E-state index contributed by atoms with van der Waals surface area (Å²) in [7, 11) is 0. The van der Waals surface area contributed by atoms with Crippen LogP contribution in [0.15, 0.2) is 89.7 Å². The molecule has 0 bridgehead atoms. The molecule has 0 N–H and O–H groups in total. The van der Waals surface area contributed by atoms with E-state index in [9.17, 15) is 26.7 Å². The lowest BCUT2D eigenvalue weighted by Gasteiger charge is -2.13. The smallest absolute Gasteiger partial charge is 0.267 e. The van der Waals surface area contributed by atoms with Crippen molar-refractivity contribution in [2.24, 2.45) is 0 Å². The van der Waals surface area contributed by atoms with Crippen molar-refractivity contribution in [2.45, 2.75) is 6.18 Å². The Morgan fingerprint density at radius 2 is 1.46 bits per heavy atom. The maximum absolute atomic E-state index is 14.7. The van der Waals surface area contributed by atoms with Crippen LogP contribution in [0.3, 0.4) is 0 Å². The Labute approximate surface area is 194 Å². The Bertz CT molecular complexity index is 1610. The van der Waals surface area contributed by atoms with Gasteiger partial charge in [-0.2, -0.15) is 22.8 Å². The van der Waals surface area contributed by atoms with Gasteiger partial charge in [0.1, 0.15) is 11.6 Å². The van der Waals surface area contributed by atoms with E-state index in [0.717, 1.165) is 34.8 Å². The van der Waals surface area contributed by atoms with Crippen molar-refractivity contribution in [1.82, 2.24) is 14.6 Å². The number of nitrogens with zero attached hydrogens (tertiary/aromatic N) is 3. The highest BCUT2D eigenvalue weighted by molar-refractivity contribution is 5.83. The summed E-state index contributed by atoms with van der Waals surface area (Å²) >= 11 is 0. The van der Waals surface area contributed by atoms with Crippen LogP contribution in [-0.2, 0) is 6.18 Å². The Morgan fingerprint density at radius 1 is 0.743 bits per heavy atom. The average molecular weight is 479 g/mol. The van der Waals surface area contributed by atoms with Crippen LogP contribution in [-0.4, -0.2) is 14.6 Å². The fourth-order valence-corrected chi connectivity index (χ4v) is 3.74. The van der Waals surface area contributed by atoms with Gasteiger partial charge in [0.2, 0.25) is 0 Å². The van der Waals surface area contributed by atoms with Crippen molar-refractivity contribution < 1.29 is 22.0 Å². The van der Waals surface area contributed by atoms with Gasteiger partial charge in [-0.3, -0.25) is 4.79 Å². The van der Waals surface area contributed by atoms with E-state index in [1.54, 1.807) is 30.3 Å². The molecule has 0 saturated heterocycles. The number of hydrogen-bond donors (Lipinski definition) is 0. The van der Waals surface area contributed by atoms with E-state index in [-0.39, 0.29) is 28.2 Å². The summed E-state index contributed by atoms with van der Waals surface area (Å²) in [6, 6.07) is 18.7. The molecule has 2 aromatic heterocycles. The van der Waals surface area contributed by atoms with E-state index in [4.69, 9.17) is 0 Å². The topological polar surface area (TPSA) is 47.3 Å². The molecule has 9 heteroatoms. The SMILES string of the molecule is O=c1cc(-c2ccc(C(F)(F)F)cc2)nc2cc(-c3ccc(F)cc3F)c(-c3ccccc3)nn12. The first kappa shape index (κ1) is 22.4. The maximum atomic E-state index is 14.7. The normalized spacial score (nSPS) is 11.7.